The fraction of sp³-hybridized carbons (Fsp3) is 0.364. The molecule has 0 saturated carbocycles. The van der Waals surface area contributed by atoms with Crippen molar-refractivity contribution in [3.63, 3.8) is 0 Å². The van der Waals surface area contributed by atoms with Crippen LogP contribution in [0.5, 0.6) is 0 Å². The maximum Gasteiger partial charge on any atom is 0.253 e. The zero-order chi connectivity index (χ0) is 19.6. The molecule has 2 aliphatic rings. The van der Waals surface area contributed by atoms with Gasteiger partial charge in [0.05, 0.1) is 19.5 Å². The molecule has 6 heteroatoms. The van der Waals surface area contributed by atoms with Crippen molar-refractivity contribution in [1.29, 1.82) is 0 Å². The fourth-order valence-electron chi connectivity index (χ4n) is 4.00. The van der Waals surface area contributed by atoms with Gasteiger partial charge in [0.15, 0.2) is 0 Å². The minimum absolute atomic E-state index is 0.00237. The number of amides is 2. The Labute approximate surface area is 163 Å². The number of piperidine rings is 1. The smallest absolute Gasteiger partial charge is 0.253 e. The predicted molar refractivity (Wildman–Crippen MR) is 103 cm³/mol. The number of hydrogen-bond acceptors (Lipinski definition) is 3. The maximum absolute atomic E-state index is 13.1. The van der Waals surface area contributed by atoms with Gasteiger partial charge in [-0.15, -0.1) is 0 Å². The van der Waals surface area contributed by atoms with E-state index in [9.17, 15) is 14.0 Å². The monoisotopic (exact) mass is 382 g/mol. The quantitative estimate of drug-likeness (QED) is 0.820. The maximum atomic E-state index is 13.1. The van der Waals surface area contributed by atoms with Crippen LogP contribution < -0.4 is 4.90 Å². The standard InChI is InChI=1S/C22H23FN2O3/c23-18-9-7-17(8-10-18)13-20(26)24-12-4-11-22(15-24)16-25(21(27)14-28-22)19-5-2-1-3-6-19/h1-3,5-10H,4,11-16H2. The molecule has 2 amide bonds. The molecule has 2 aliphatic heterocycles. The fourth-order valence-corrected chi connectivity index (χ4v) is 4.00. The first-order valence-electron chi connectivity index (χ1n) is 9.56. The summed E-state index contributed by atoms with van der Waals surface area (Å²) in [5, 5.41) is 0. The Bertz CT molecular complexity index is 856. The van der Waals surface area contributed by atoms with Gasteiger partial charge in [-0.25, -0.2) is 4.39 Å². The van der Waals surface area contributed by atoms with Gasteiger partial charge in [0.25, 0.3) is 5.91 Å². The molecule has 0 aliphatic carbocycles. The van der Waals surface area contributed by atoms with Crippen molar-refractivity contribution in [1.82, 2.24) is 4.90 Å². The van der Waals surface area contributed by atoms with Gasteiger partial charge in [0.1, 0.15) is 18.0 Å². The second kappa shape index (κ2) is 7.72. The Kier molecular flexibility index (Phi) is 5.13. The van der Waals surface area contributed by atoms with Gasteiger partial charge < -0.3 is 14.5 Å². The van der Waals surface area contributed by atoms with Crippen LogP contribution in [0.1, 0.15) is 18.4 Å². The highest BCUT2D eigenvalue weighted by atomic mass is 19.1. The minimum atomic E-state index is -0.541. The summed E-state index contributed by atoms with van der Waals surface area (Å²) in [6.45, 7) is 1.60. The largest absolute Gasteiger partial charge is 0.361 e. The minimum Gasteiger partial charge on any atom is -0.361 e. The predicted octanol–water partition coefficient (Wildman–Crippen LogP) is 2.79. The Morgan fingerprint density at radius 3 is 2.57 bits per heavy atom. The molecule has 1 atom stereocenters. The number of anilines is 1. The Morgan fingerprint density at radius 1 is 1.07 bits per heavy atom. The number of nitrogens with zero attached hydrogens (tertiary/aromatic N) is 2. The highest BCUT2D eigenvalue weighted by Gasteiger charge is 2.44. The first-order valence-corrected chi connectivity index (χ1v) is 9.56. The number of rotatable bonds is 3. The van der Waals surface area contributed by atoms with Crippen molar-refractivity contribution < 1.29 is 18.7 Å². The third-order valence-electron chi connectivity index (χ3n) is 5.48. The van der Waals surface area contributed by atoms with E-state index >= 15 is 0 Å². The number of carbonyl (C=O) groups is 2. The van der Waals surface area contributed by atoms with Gasteiger partial charge in [-0.3, -0.25) is 9.59 Å². The van der Waals surface area contributed by atoms with Crippen LogP contribution in [0.4, 0.5) is 10.1 Å². The lowest BCUT2D eigenvalue weighted by Gasteiger charge is -2.47. The SMILES string of the molecule is O=C(Cc1ccc(F)cc1)N1CCCC2(C1)CN(c1ccccc1)C(=O)CO2. The second-order valence-electron chi connectivity index (χ2n) is 7.51. The van der Waals surface area contributed by atoms with Crippen LogP contribution in [0.3, 0.4) is 0 Å². The molecule has 0 bridgehead atoms. The molecule has 2 aromatic rings. The Balaban J connectivity index is 1.47. The van der Waals surface area contributed by atoms with Crippen molar-refractivity contribution in [2.75, 3.05) is 31.1 Å². The van der Waals surface area contributed by atoms with Gasteiger partial charge in [-0.2, -0.15) is 0 Å². The molecule has 28 heavy (non-hydrogen) atoms. The molecule has 1 unspecified atom stereocenters. The molecular weight excluding hydrogens is 359 g/mol. The summed E-state index contributed by atoms with van der Waals surface area (Å²) in [5.41, 5.74) is 1.10. The lowest BCUT2D eigenvalue weighted by atomic mass is 9.90. The van der Waals surface area contributed by atoms with Crippen LogP contribution in [-0.2, 0) is 20.7 Å². The molecule has 5 nitrogen and oxygen atoms in total. The van der Waals surface area contributed by atoms with E-state index in [0.717, 1.165) is 24.1 Å². The third-order valence-corrected chi connectivity index (χ3v) is 5.48. The van der Waals surface area contributed by atoms with Crippen molar-refractivity contribution in [3.8, 4) is 0 Å². The highest BCUT2D eigenvalue weighted by Crippen LogP contribution is 2.32. The summed E-state index contributed by atoms with van der Waals surface area (Å²) in [5.74, 6) is -0.376. The molecule has 0 radical (unpaired) electrons. The van der Waals surface area contributed by atoms with Crippen LogP contribution in [0.25, 0.3) is 0 Å². The van der Waals surface area contributed by atoms with E-state index in [0.29, 0.717) is 19.6 Å². The number of benzene rings is 2. The summed E-state index contributed by atoms with van der Waals surface area (Å²) in [6, 6.07) is 15.6. The van der Waals surface area contributed by atoms with E-state index in [1.54, 1.807) is 17.0 Å². The molecular formula is C22H23FN2O3. The van der Waals surface area contributed by atoms with Crippen LogP contribution in [0.15, 0.2) is 54.6 Å². The molecule has 0 N–H and O–H groups in total. The van der Waals surface area contributed by atoms with Gasteiger partial charge >= 0.3 is 0 Å². The van der Waals surface area contributed by atoms with E-state index < -0.39 is 5.60 Å². The van der Waals surface area contributed by atoms with Gasteiger partial charge in [0.2, 0.25) is 5.91 Å². The van der Waals surface area contributed by atoms with Gasteiger partial charge in [-0.1, -0.05) is 30.3 Å². The lowest BCUT2D eigenvalue weighted by Crippen LogP contribution is -2.62. The van der Waals surface area contributed by atoms with E-state index in [1.807, 2.05) is 35.2 Å². The van der Waals surface area contributed by atoms with Crippen molar-refractivity contribution in [2.24, 2.45) is 0 Å². The molecule has 2 aromatic carbocycles. The average molecular weight is 382 g/mol. The zero-order valence-electron chi connectivity index (χ0n) is 15.6. The first kappa shape index (κ1) is 18.6. The Morgan fingerprint density at radius 2 is 1.82 bits per heavy atom. The molecule has 0 aromatic heterocycles. The summed E-state index contributed by atoms with van der Waals surface area (Å²) in [6.07, 6.45) is 1.87. The summed E-state index contributed by atoms with van der Waals surface area (Å²) in [4.78, 5) is 28.8. The number of halogens is 1. The number of morpholine rings is 1. The summed E-state index contributed by atoms with van der Waals surface area (Å²) in [7, 11) is 0. The number of hydrogen-bond donors (Lipinski definition) is 0. The first-order chi connectivity index (χ1) is 13.5. The highest BCUT2D eigenvalue weighted by molar-refractivity contribution is 5.95. The lowest BCUT2D eigenvalue weighted by molar-refractivity contribution is -0.153. The van der Waals surface area contributed by atoms with Crippen LogP contribution in [-0.4, -0.2) is 48.6 Å². The normalized spacial score (nSPS) is 22.5. The van der Waals surface area contributed by atoms with Gasteiger partial charge in [-0.05, 0) is 42.7 Å². The van der Waals surface area contributed by atoms with Crippen molar-refractivity contribution in [2.45, 2.75) is 24.9 Å². The second-order valence-corrected chi connectivity index (χ2v) is 7.51. The molecule has 1 spiro atoms. The molecule has 2 fully saturated rings. The van der Waals surface area contributed by atoms with Crippen LogP contribution in [0, 0.1) is 5.82 Å². The third kappa shape index (κ3) is 3.92. The Hall–Kier alpha value is -2.73. The van der Waals surface area contributed by atoms with E-state index in [4.69, 9.17) is 4.74 Å². The summed E-state index contributed by atoms with van der Waals surface area (Å²) < 4.78 is 19.1. The number of likely N-dealkylation sites (tertiary alicyclic amines) is 1. The molecule has 2 saturated heterocycles. The van der Waals surface area contributed by atoms with Gasteiger partial charge in [0, 0.05) is 12.2 Å². The zero-order valence-corrected chi connectivity index (χ0v) is 15.6. The number of para-hydroxylation sites is 1. The van der Waals surface area contributed by atoms with Crippen molar-refractivity contribution in [3.05, 3.63) is 66.0 Å². The van der Waals surface area contributed by atoms with E-state index in [-0.39, 0.29) is 30.7 Å². The molecule has 146 valence electrons. The number of ether oxygens (including phenoxy) is 1. The molecule has 4 rings (SSSR count). The average Bonchev–Trinajstić information content (AvgIpc) is 2.72. The van der Waals surface area contributed by atoms with Crippen LogP contribution >= 0.6 is 0 Å². The van der Waals surface area contributed by atoms with Crippen LogP contribution in [0.2, 0.25) is 0 Å². The van der Waals surface area contributed by atoms with Crippen molar-refractivity contribution >= 4 is 17.5 Å². The van der Waals surface area contributed by atoms with E-state index in [2.05, 4.69) is 0 Å². The topological polar surface area (TPSA) is 49.9 Å². The van der Waals surface area contributed by atoms with E-state index in [1.165, 1.54) is 12.1 Å². The summed E-state index contributed by atoms with van der Waals surface area (Å²) >= 11 is 0. The number of carbonyl (C=O) groups excluding carboxylic acids is 2. The molecule has 2 heterocycles.